The Hall–Kier alpha value is -0.510. The van der Waals surface area contributed by atoms with Crippen LogP contribution in [0.25, 0.3) is 0 Å². The van der Waals surface area contributed by atoms with Crippen molar-refractivity contribution in [2.24, 2.45) is 0 Å². The topological polar surface area (TPSA) is 23.8 Å². The number of nitriles is 1. The van der Waals surface area contributed by atoms with Crippen LogP contribution in [0.4, 0.5) is 0 Å². The Labute approximate surface area is 102 Å². The summed E-state index contributed by atoms with van der Waals surface area (Å²) < 4.78 is 0. The molecule has 0 heterocycles. The summed E-state index contributed by atoms with van der Waals surface area (Å²) in [6.07, 6.45) is 17.1. The quantitative estimate of drug-likeness (QED) is 0.395. The molecule has 0 saturated carbocycles. The van der Waals surface area contributed by atoms with Crippen LogP contribution in [0, 0.1) is 11.3 Å². The van der Waals surface area contributed by atoms with Crippen molar-refractivity contribution >= 4 is 0 Å². The van der Waals surface area contributed by atoms with E-state index in [1.165, 1.54) is 70.6 Å². The zero-order valence-corrected chi connectivity index (χ0v) is 11.1. The van der Waals surface area contributed by atoms with Crippen LogP contribution in [0.5, 0.6) is 0 Å². The summed E-state index contributed by atoms with van der Waals surface area (Å²) in [5, 5.41) is 8.38. The van der Waals surface area contributed by atoms with Crippen LogP contribution < -0.4 is 0 Å². The summed E-state index contributed by atoms with van der Waals surface area (Å²) in [7, 11) is 0. The van der Waals surface area contributed by atoms with Gasteiger partial charge in [0.2, 0.25) is 0 Å². The molecule has 16 heavy (non-hydrogen) atoms. The van der Waals surface area contributed by atoms with Gasteiger partial charge in [-0.1, -0.05) is 77.6 Å². The molecule has 0 rings (SSSR count). The highest BCUT2D eigenvalue weighted by molar-refractivity contribution is 4.67. The molecule has 0 unspecified atom stereocenters. The monoisotopic (exact) mass is 223 g/mol. The SMILES string of the molecule is CCCCCCCCCCCCCCC#N. The van der Waals surface area contributed by atoms with E-state index in [0.29, 0.717) is 0 Å². The van der Waals surface area contributed by atoms with Crippen molar-refractivity contribution in [1.82, 2.24) is 0 Å². The second-order valence-electron chi connectivity index (χ2n) is 4.80. The smallest absolute Gasteiger partial charge is 0.0621 e. The highest BCUT2D eigenvalue weighted by Gasteiger charge is 1.92. The fourth-order valence-corrected chi connectivity index (χ4v) is 2.05. The lowest BCUT2D eigenvalue weighted by Crippen LogP contribution is -1.82. The van der Waals surface area contributed by atoms with Crippen LogP contribution in [-0.2, 0) is 0 Å². The molecule has 94 valence electrons. The van der Waals surface area contributed by atoms with Gasteiger partial charge in [-0.25, -0.2) is 0 Å². The van der Waals surface area contributed by atoms with E-state index in [2.05, 4.69) is 13.0 Å². The normalized spacial score (nSPS) is 10.2. The van der Waals surface area contributed by atoms with Gasteiger partial charge >= 0.3 is 0 Å². The fourth-order valence-electron chi connectivity index (χ4n) is 2.05. The summed E-state index contributed by atoms with van der Waals surface area (Å²) >= 11 is 0. The van der Waals surface area contributed by atoms with Gasteiger partial charge in [-0.15, -0.1) is 0 Å². The molecule has 0 radical (unpaired) electrons. The summed E-state index contributed by atoms with van der Waals surface area (Å²) in [4.78, 5) is 0. The average Bonchev–Trinajstić information content (AvgIpc) is 2.31. The third-order valence-corrected chi connectivity index (χ3v) is 3.14. The zero-order chi connectivity index (χ0) is 11.9. The van der Waals surface area contributed by atoms with Crippen LogP contribution in [-0.4, -0.2) is 0 Å². The highest BCUT2D eigenvalue weighted by atomic mass is 14.2. The van der Waals surface area contributed by atoms with Gasteiger partial charge in [0.1, 0.15) is 0 Å². The molecule has 1 heteroatoms. The molecule has 0 aliphatic rings. The van der Waals surface area contributed by atoms with Crippen molar-refractivity contribution in [2.45, 2.75) is 90.4 Å². The van der Waals surface area contributed by atoms with E-state index in [-0.39, 0.29) is 0 Å². The summed E-state index contributed by atoms with van der Waals surface area (Å²) in [6, 6.07) is 2.20. The van der Waals surface area contributed by atoms with E-state index in [4.69, 9.17) is 5.26 Å². The minimum absolute atomic E-state index is 0.747. The van der Waals surface area contributed by atoms with E-state index in [1.54, 1.807) is 0 Å². The summed E-state index contributed by atoms with van der Waals surface area (Å²) in [5.41, 5.74) is 0. The van der Waals surface area contributed by atoms with E-state index in [9.17, 15) is 0 Å². The van der Waals surface area contributed by atoms with Crippen LogP contribution in [0.1, 0.15) is 90.4 Å². The fraction of sp³-hybridized carbons (Fsp3) is 0.933. The molecule has 0 bridgehead atoms. The molecule has 0 aromatic rings. The Morgan fingerprint density at radius 3 is 1.38 bits per heavy atom. The first-order valence-electron chi connectivity index (χ1n) is 7.28. The third kappa shape index (κ3) is 13.5. The minimum Gasteiger partial charge on any atom is -0.198 e. The van der Waals surface area contributed by atoms with Gasteiger partial charge in [-0.3, -0.25) is 0 Å². The minimum atomic E-state index is 0.747. The van der Waals surface area contributed by atoms with Crippen molar-refractivity contribution in [3.8, 4) is 6.07 Å². The first kappa shape index (κ1) is 15.5. The standard InChI is InChI=1S/C15H29N/c1-2-3-4-5-6-7-8-9-10-11-12-13-14-15-16/h2-14H2,1H3. The Bertz CT molecular complexity index is 157. The van der Waals surface area contributed by atoms with Gasteiger partial charge < -0.3 is 0 Å². The second kappa shape index (κ2) is 14.5. The number of hydrogen-bond donors (Lipinski definition) is 0. The zero-order valence-electron chi connectivity index (χ0n) is 11.1. The van der Waals surface area contributed by atoms with E-state index in [1.807, 2.05) is 0 Å². The highest BCUT2D eigenvalue weighted by Crippen LogP contribution is 2.12. The maximum Gasteiger partial charge on any atom is 0.0621 e. The predicted octanol–water partition coefficient (Wildman–Crippen LogP) is 5.60. The maximum absolute atomic E-state index is 8.38. The van der Waals surface area contributed by atoms with Crippen molar-refractivity contribution in [3.63, 3.8) is 0 Å². The Morgan fingerprint density at radius 2 is 1.00 bits per heavy atom. The summed E-state index contributed by atoms with van der Waals surface area (Å²) in [5.74, 6) is 0. The number of unbranched alkanes of at least 4 members (excludes halogenated alkanes) is 12. The molecule has 0 amide bonds. The Kier molecular flexibility index (Phi) is 14.0. The lowest BCUT2D eigenvalue weighted by atomic mass is 10.0. The van der Waals surface area contributed by atoms with Crippen LogP contribution in [0.15, 0.2) is 0 Å². The van der Waals surface area contributed by atoms with Gasteiger partial charge in [0.15, 0.2) is 0 Å². The summed E-state index contributed by atoms with van der Waals surface area (Å²) in [6.45, 7) is 2.27. The molecule has 1 nitrogen and oxygen atoms in total. The lowest BCUT2D eigenvalue weighted by molar-refractivity contribution is 0.545. The molecule has 0 N–H and O–H groups in total. The molecule has 0 fully saturated rings. The Balaban J connectivity index is 2.86. The van der Waals surface area contributed by atoms with Crippen LogP contribution in [0.2, 0.25) is 0 Å². The van der Waals surface area contributed by atoms with Crippen molar-refractivity contribution in [1.29, 1.82) is 5.26 Å². The second-order valence-corrected chi connectivity index (χ2v) is 4.80. The lowest BCUT2D eigenvalue weighted by Gasteiger charge is -2.01. The van der Waals surface area contributed by atoms with Gasteiger partial charge in [0.05, 0.1) is 6.07 Å². The van der Waals surface area contributed by atoms with Gasteiger partial charge in [0, 0.05) is 6.42 Å². The number of rotatable bonds is 12. The third-order valence-electron chi connectivity index (χ3n) is 3.14. The molecule has 0 aliphatic carbocycles. The first-order chi connectivity index (χ1) is 7.91. The van der Waals surface area contributed by atoms with Gasteiger partial charge in [-0.2, -0.15) is 5.26 Å². The van der Waals surface area contributed by atoms with Gasteiger partial charge in [0.25, 0.3) is 0 Å². The van der Waals surface area contributed by atoms with Gasteiger partial charge in [-0.05, 0) is 6.42 Å². The number of hydrogen-bond acceptors (Lipinski definition) is 1. The molecule has 0 aliphatic heterocycles. The predicted molar refractivity (Wildman–Crippen MR) is 71.3 cm³/mol. The molecule has 0 saturated heterocycles. The molecule has 0 spiro atoms. The largest absolute Gasteiger partial charge is 0.198 e. The van der Waals surface area contributed by atoms with Crippen molar-refractivity contribution in [2.75, 3.05) is 0 Å². The molecule has 0 aromatic carbocycles. The van der Waals surface area contributed by atoms with Crippen molar-refractivity contribution in [3.05, 3.63) is 0 Å². The average molecular weight is 223 g/mol. The molecular formula is C15H29N. The Morgan fingerprint density at radius 1 is 0.625 bits per heavy atom. The number of nitrogens with zero attached hydrogens (tertiary/aromatic N) is 1. The van der Waals surface area contributed by atoms with E-state index >= 15 is 0 Å². The van der Waals surface area contributed by atoms with E-state index < -0.39 is 0 Å². The van der Waals surface area contributed by atoms with Crippen LogP contribution >= 0.6 is 0 Å². The first-order valence-corrected chi connectivity index (χ1v) is 7.28. The van der Waals surface area contributed by atoms with Crippen molar-refractivity contribution < 1.29 is 0 Å². The molecular weight excluding hydrogens is 194 g/mol. The molecule has 0 aromatic heterocycles. The maximum atomic E-state index is 8.38. The van der Waals surface area contributed by atoms with E-state index in [0.717, 1.165) is 12.8 Å². The molecule has 0 atom stereocenters. The van der Waals surface area contributed by atoms with Crippen LogP contribution in [0.3, 0.4) is 0 Å².